The number of aliphatic hydroxyl groups is 4. The zero-order valence-corrected chi connectivity index (χ0v) is 21.7. The molecule has 2 fully saturated rings. The SMILES string of the molecule is CC(=O)NC1C(OP(=O)(O)OP(=O)(O)OCC2OC(n3ccc(=O)[nH]c3=O)C(O)C2O)OC(CN)C(O)C1O. The Balaban J connectivity index is 1.66. The summed E-state index contributed by atoms with van der Waals surface area (Å²) in [6.45, 7) is -0.398. The van der Waals surface area contributed by atoms with Crippen LogP contribution in [0, 0.1) is 0 Å². The van der Waals surface area contributed by atoms with Gasteiger partial charge in [0.05, 0.1) is 6.61 Å². The van der Waals surface area contributed by atoms with Crippen LogP contribution in [-0.4, -0.2) is 108 Å². The van der Waals surface area contributed by atoms with Crippen LogP contribution in [0.2, 0.25) is 0 Å². The van der Waals surface area contributed by atoms with Gasteiger partial charge in [-0.05, 0) is 0 Å². The van der Waals surface area contributed by atoms with Crippen LogP contribution in [0.4, 0.5) is 0 Å². The first-order valence-electron chi connectivity index (χ1n) is 11.1. The Kier molecular flexibility index (Phi) is 10.0. The third-order valence-corrected chi connectivity index (χ3v) is 8.21. The number of H-pyrrole nitrogens is 1. The fourth-order valence-corrected chi connectivity index (χ4v) is 5.97. The van der Waals surface area contributed by atoms with Crippen molar-refractivity contribution in [1.82, 2.24) is 14.9 Å². The lowest BCUT2D eigenvalue weighted by Gasteiger charge is -2.42. The molecular weight excluding hydrogens is 578 g/mol. The maximum atomic E-state index is 12.5. The fourth-order valence-electron chi connectivity index (χ4n) is 3.80. The molecule has 3 heterocycles. The van der Waals surface area contributed by atoms with E-state index < -0.39 is 101 Å². The van der Waals surface area contributed by atoms with Gasteiger partial charge in [0.25, 0.3) is 5.56 Å². The molecule has 39 heavy (non-hydrogen) atoms. The van der Waals surface area contributed by atoms with E-state index in [1.54, 1.807) is 0 Å². The predicted molar refractivity (Wildman–Crippen MR) is 122 cm³/mol. The molecule has 11 atom stereocenters. The summed E-state index contributed by atoms with van der Waals surface area (Å²) in [7, 11) is -11.1. The molecule has 3 rings (SSSR count). The van der Waals surface area contributed by atoms with E-state index in [9.17, 15) is 53.7 Å². The second-order valence-corrected chi connectivity index (χ2v) is 11.5. The standard InChI is InChI=1S/C17H28N4O16P2/c1-6(22)19-10-13(26)11(24)7(4-18)35-16(10)36-39(31,32)37-38(29,30)33-5-8-12(25)14(27)15(34-8)21-3-2-9(23)20-17(21)28/h2-3,7-8,10-16,24-27H,4-5,18H2,1H3,(H,19,22)(H,29,30)(H,31,32)(H,20,23,28). The number of hydrogen-bond acceptors (Lipinski definition) is 15. The minimum Gasteiger partial charge on any atom is -0.388 e. The molecule has 0 aromatic carbocycles. The monoisotopic (exact) mass is 606 g/mol. The molecule has 11 unspecified atom stereocenters. The summed E-state index contributed by atoms with van der Waals surface area (Å²) in [6, 6.07) is -0.704. The zero-order valence-electron chi connectivity index (χ0n) is 19.9. The number of phosphoric ester groups is 2. The lowest BCUT2D eigenvalue weighted by atomic mass is 9.97. The molecule has 20 nitrogen and oxygen atoms in total. The highest BCUT2D eigenvalue weighted by Gasteiger charge is 2.50. The maximum Gasteiger partial charge on any atom is 0.483 e. The average molecular weight is 606 g/mol. The number of aromatic amines is 1. The molecule has 0 radical (unpaired) electrons. The van der Waals surface area contributed by atoms with Crippen molar-refractivity contribution in [1.29, 1.82) is 0 Å². The van der Waals surface area contributed by atoms with E-state index in [1.807, 2.05) is 4.98 Å². The van der Waals surface area contributed by atoms with Gasteiger partial charge in [-0.15, -0.1) is 0 Å². The summed E-state index contributed by atoms with van der Waals surface area (Å²) in [5.74, 6) is -0.765. The number of phosphoric acid groups is 2. The summed E-state index contributed by atoms with van der Waals surface area (Å²) in [4.78, 5) is 56.5. The van der Waals surface area contributed by atoms with Crippen molar-refractivity contribution >= 4 is 21.6 Å². The van der Waals surface area contributed by atoms with E-state index >= 15 is 0 Å². The number of nitrogens with zero attached hydrogens (tertiary/aromatic N) is 1. The number of hydrogen-bond donors (Lipinski definition) is 9. The van der Waals surface area contributed by atoms with Crippen molar-refractivity contribution in [3.63, 3.8) is 0 Å². The van der Waals surface area contributed by atoms with Crippen LogP contribution in [-0.2, 0) is 36.8 Å². The van der Waals surface area contributed by atoms with Crippen LogP contribution in [0.25, 0.3) is 0 Å². The molecule has 10 N–H and O–H groups in total. The summed E-state index contributed by atoms with van der Waals surface area (Å²) in [5, 5.41) is 42.8. The van der Waals surface area contributed by atoms with E-state index in [1.165, 1.54) is 0 Å². The number of nitrogens with one attached hydrogen (secondary N) is 2. The number of carbonyl (C=O) groups excluding carboxylic acids is 1. The third kappa shape index (κ3) is 7.66. The van der Waals surface area contributed by atoms with Gasteiger partial charge in [-0.3, -0.25) is 28.2 Å². The summed E-state index contributed by atoms with van der Waals surface area (Å²) < 4.78 is 49.5. The molecule has 0 bridgehead atoms. The van der Waals surface area contributed by atoms with Crippen molar-refractivity contribution in [2.75, 3.05) is 13.2 Å². The van der Waals surface area contributed by atoms with Gasteiger partial charge >= 0.3 is 21.3 Å². The number of amides is 1. The number of nitrogens with two attached hydrogens (primary N) is 1. The van der Waals surface area contributed by atoms with Gasteiger partial charge in [0.1, 0.15) is 42.7 Å². The molecule has 2 aliphatic rings. The van der Waals surface area contributed by atoms with Crippen LogP contribution >= 0.6 is 15.6 Å². The largest absolute Gasteiger partial charge is 0.483 e. The van der Waals surface area contributed by atoms with E-state index in [4.69, 9.17) is 19.7 Å². The third-order valence-electron chi connectivity index (χ3n) is 5.61. The van der Waals surface area contributed by atoms with Crippen LogP contribution in [0.3, 0.4) is 0 Å². The van der Waals surface area contributed by atoms with Gasteiger partial charge in [-0.1, -0.05) is 0 Å². The zero-order chi connectivity index (χ0) is 29.3. The summed E-state index contributed by atoms with van der Waals surface area (Å²) in [5.41, 5.74) is 3.68. The highest BCUT2D eigenvalue weighted by molar-refractivity contribution is 7.61. The van der Waals surface area contributed by atoms with Gasteiger partial charge in [-0.2, -0.15) is 4.31 Å². The van der Waals surface area contributed by atoms with E-state index in [0.717, 1.165) is 23.8 Å². The molecular formula is C17H28N4O16P2. The van der Waals surface area contributed by atoms with Crippen LogP contribution < -0.4 is 22.3 Å². The minimum absolute atomic E-state index is 0.398. The Hall–Kier alpha value is -1.87. The highest BCUT2D eigenvalue weighted by Crippen LogP contribution is 2.61. The lowest BCUT2D eigenvalue weighted by molar-refractivity contribution is -0.238. The van der Waals surface area contributed by atoms with Crippen molar-refractivity contribution < 1.29 is 67.0 Å². The summed E-state index contributed by atoms with van der Waals surface area (Å²) >= 11 is 0. The lowest BCUT2D eigenvalue weighted by Crippen LogP contribution is -2.64. The molecule has 2 aliphatic heterocycles. The molecule has 0 spiro atoms. The second kappa shape index (κ2) is 12.3. The fraction of sp³-hybridized carbons (Fsp3) is 0.706. The molecule has 1 aromatic heterocycles. The Bertz CT molecular complexity index is 1240. The van der Waals surface area contributed by atoms with Gasteiger partial charge in [0.15, 0.2) is 12.5 Å². The van der Waals surface area contributed by atoms with Crippen LogP contribution in [0.1, 0.15) is 13.2 Å². The van der Waals surface area contributed by atoms with Crippen molar-refractivity contribution in [3.05, 3.63) is 33.1 Å². The first-order valence-corrected chi connectivity index (χ1v) is 14.1. The first kappa shape index (κ1) is 31.7. The van der Waals surface area contributed by atoms with Gasteiger partial charge in [0, 0.05) is 25.7 Å². The molecule has 0 saturated carbocycles. The van der Waals surface area contributed by atoms with Crippen LogP contribution in [0.5, 0.6) is 0 Å². The average Bonchev–Trinajstić information content (AvgIpc) is 3.10. The topological polar surface area (TPSA) is 312 Å². The first-order chi connectivity index (χ1) is 18.0. The number of ether oxygens (including phenoxy) is 2. The molecule has 1 amide bonds. The van der Waals surface area contributed by atoms with Gasteiger partial charge < -0.3 is 50.7 Å². The Morgan fingerprint density at radius 1 is 1.08 bits per heavy atom. The van der Waals surface area contributed by atoms with Crippen molar-refractivity contribution in [3.8, 4) is 0 Å². The molecule has 0 aliphatic carbocycles. The van der Waals surface area contributed by atoms with E-state index in [-0.39, 0.29) is 0 Å². The Morgan fingerprint density at radius 2 is 1.72 bits per heavy atom. The maximum absolute atomic E-state index is 12.5. The predicted octanol–water partition coefficient (Wildman–Crippen LogP) is -4.68. The summed E-state index contributed by atoms with van der Waals surface area (Å²) in [6.07, 6.45) is -12.5. The number of aliphatic hydroxyl groups excluding tert-OH is 4. The highest BCUT2D eigenvalue weighted by atomic mass is 31.3. The smallest absolute Gasteiger partial charge is 0.388 e. The minimum atomic E-state index is -5.59. The van der Waals surface area contributed by atoms with Crippen molar-refractivity contribution in [2.45, 2.75) is 62.1 Å². The molecule has 1 aromatic rings. The van der Waals surface area contributed by atoms with Crippen molar-refractivity contribution in [2.24, 2.45) is 5.73 Å². The molecule has 222 valence electrons. The molecule has 22 heteroatoms. The normalized spacial score (nSPS) is 36.2. The van der Waals surface area contributed by atoms with Gasteiger partial charge in [0.2, 0.25) is 5.91 Å². The second-order valence-electron chi connectivity index (χ2n) is 8.47. The molecule has 2 saturated heterocycles. The quantitative estimate of drug-likeness (QED) is 0.113. The van der Waals surface area contributed by atoms with E-state index in [0.29, 0.717) is 0 Å². The number of rotatable bonds is 10. The number of carbonyl (C=O) groups is 1. The van der Waals surface area contributed by atoms with Crippen LogP contribution in [0.15, 0.2) is 21.9 Å². The van der Waals surface area contributed by atoms with Gasteiger partial charge in [-0.25, -0.2) is 13.9 Å². The number of aromatic nitrogens is 2. The Labute approximate surface area is 218 Å². The Morgan fingerprint density at radius 3 is 2.31 bits per heavy atom. The van der Waals surface area contributed by atoms with E-state index in [2.05, 4.69) is 14.2 Å².